The molecule has 1 spiro atoms. The Kier molecular flexibility index (Phi) is 2.49. The fourth-order valence-electron chi connectivity index (χ4n) is 2.56. The molecule has 1 aromatic carbocycles. The van der Waals surface area contributed by atoms with Crippen molar-refractivity contribution in [3.05, 3.63) is 29.3 Å². The zero-order valence-electron chi connectivity index (χ0n) is 9.28. The fourth-order valence-corrected chi connectivity index (χ4v) is 2.74. The molecule has 1 atom stereocenters. The first kappa shape index (κ1) is 10.9. The number of carbonyl (C=O) groups is 1. The van der Waals surface area contributed by atoms with Crippen molar-refractivity contribution in [2.75, 3.05) is 24.6 Å². The molecule has 3 rings (SSSR count). The summed E-state index contributed by atoms with van der Waals surface area (Å²) < 4.78 is 5.20. The summed E-state index contributed by atoms with van der Waals surface area (Å²) in [5.41, 5.74) is 0.575. The van der Waals surface area contributed by atoms with Gasteiger partial charge in [0.2, 0.25) is 0 Å². The van der Waals surface area contributed by atoms with Crippen LogP contribution in [0.3, 0.4) is 0 Å². The van der Waals surface area contributed by atoms with Crippen LogP contribution in [0.15, 0.2) is 24.3 Å². The molecule has 2 saturated heterocycles. The van der Waals surface area contributed by atoms with Crippen LogP contribution in [0.25, 0.3) is 0 Å². The van der Waals surface area contributed by atoms with Crippen molar-refractivity contribution in [3.8, 4) is 0 Å². The molecule has 1 amide bonds. The van der Waals surface area contributed by atoms with Gasteiger partial charge in [0, 0.05) is 17.3 Å². The van der Waals surface area contributed by atoms with E-state index in [0.717, 1.165) is 25.2 Å². The number of anilines is 1. The van der Waals surface area contributed by atoms with Gasteiger partial charge in [-0.2, -0.15) is 0 Å². The third-order valence-corrected chi connectivity index (χ3v) is 3.64. The van der Waals surface area contributed by atoms with Gasteiger partial charge in [0.05, 0.1) is 5.54 Å². The molecule has 2 heterocycles. The standard InChI is InChI=1S/C12H13ClN2O2/c13-9-2-1-3-10(6-9)15-11(16)17-8-12(15)4-5-14-7-12/h1-3,6,14H,4-5,7-8H2. The van der Waals surface area contributed by atoms with Gasteiger partial charge in [0.1, 0.15) is 6.61 Å². The number of nitrogens with zero attached hydrogens (tertiary/aromatic N) is 1. The lowest BCUT2D eigenvalue weighted by Crippen LogP contribution is -2.49. The number of hydrogen-bond donors (Lipinski definition) is 1. The molecular weight excluding hydrogens is 240 g/mol. The summed E-state index contributed by atoms with van der Waals surface area (Å²) in [5.74, 6) is 0. The molecular formula is C12H13ClN2O2. The van der Waals surface area contributed by atoms with Gasteiger partial charge < -0.3 is 10.1 Å². The lowest BCUT2D eigenvalue weighted by Gasteiger charge is -2.30. The maximum atomic E-state index is 11.9. The fraction of sp³-hybridized carbons (Fsp3) is 0.417. The normalized spacial score (nSPS) is 27.8. The second kappa shape index (κ2) is 3.89. The average molecular weight is 253 g/mol. The molecule has 1 aromatic rings. The highest BCUT2D eigenvalue weighted by Gasteiger charge is 2.49. The van der Waals surface area contributed by atoms with Crippen LogP contribution < -0.4 is 10.2 Å². The van der Waals surface area contributed by atoms with E-state index in [4.69, 9.17) is 16.3 Å². The highest BCUT2D eigenvalue weighted by Crippen LogP contribution is 2.35. The topological polar surface area (TPSA) is 41.6 Å². The van der Waals surface area contributed by atoms with Gasteiger partial charge in [-0.15, -0.1) is 0 Å². The molecule has 2 fully saturated rings. The quantitative estimate of drug-likeness (QED) is 0.832. The van der Waals surface area contributed by atoms with Crippen LogP contribution in [0.4, 0.5) is 10.5 Å². The van der Waals surface area contributed by atoms with Crippen molar-refractivity contribution >= 4 is 23.4 Å². The van der Waals surface area contributed by atoms with Gasteiger partial charge in [0.15, 0.2) is 0 Å². The summed E-state index contributed by atoms with van der Waals surface area (Å²) in [4.78, 5) is 13.6. The van der Waals surface area contributed by atoms with Gasteiger partial charge >= 0.3 is 6.09 Å². The van der Waals surface area contributed by atoms with Gasteiger partial charge in [-0.3, -0.25) is 4.90 Å². The van der Waals surface area contributed by atoms with E-state index in [0.29, 0.717) is 11.6 Å². The van der Waals surface area contributed by atoms with Crippen LogP contribution in [0.1, 0.15) is 6.42 Å². The number of nitrogens with one attached hydrogen (secondary N) is 1. The summed E-state index contributed by atoms with van der Waals surface area (Å²) >= 11 is 5.97. The van der Waals surface area contributed by atoms with E-state index in [9.17, 15) is 4.79 Å². The Hall–Kier alpha value is -1.26. The van der Waals surface area contributed by atoms with E-state index in [1.165, 1.54) is 0 Å². The first-order valence-electron chi connectivity index (χ1n) is 5.65. The Balaban J connectivity index is 2.01. The van der Waals surface area contributed by atoms with Crippen molar-refractivity contribution in [2.24, 2.45) is 0 Å². The zero-order valence-corrected chi connectivity index (χ0v) is 10.0. The first-order chi connectivity index (χ1) is 8.21. The molecule has 0 saturated carbocycles. The summed E-state index contributed by atoms with van der Waals surface area (Å²) in [7, 11) is 0. The van der Waals surface area contributed by atoms with Crippen molar-refractivity contribution in [2.45, 2.75) is 12.0 Å². The third kappa shape index (κ3) is 1.68. The maximum Gasteiger partial charge on any atom is 0.415 e. The third-order valence-electron chi connectivity index (χ3n) is 3.41. The molecule has 1 unspecified atom stereocenters. The predicted molar refractivity (Wildman–Crippen MR) is 65.5 cm³/mol. The van der Waals surface area contributed by atoms with E-state index in [1.807, 2.05) is 12.1 Å². The van der Waals surface area contributed by atoms with E-state index in [2.05, 4.69) is 5.32 Å². The average Bonchev–Trinajstić information content (AvgIpc) is 2.88. The lowest BCUT2D eigenvalue weighted by molar-refractivity contribution is 0.174. The molecule has 17 heavy (non-hydrogen) atoms. The molecule has 0 aromatic heterocycles. The molecule has 1 N–H and O–H groups in total. The molecule has 4 nitrogen and oxygen atoms in total. The highest BCUT2D eigenvalue weighted by molar-refractivity contribution is 6.30. The minimum atomic E-state index is -0.282. The van der Waals surface area contributed by atoms with E-state index < -0.39 is 0 Å². The Labute approximate surface area is 104 Å². The van der Waals surface area contributed by atoms with Crippen LogP contribution in [0, 0.1) is 0 Å². The smallest absolute Gasteiger partial charge is 0.415 e. The second-order valence-corrected chi connectivity index (χ2v) is 4.96. The summed E-state index contributed by atoms with van der Waals surface area (Å²) in [6, 6.07) is 7.33. The van der Waals surface area contributed by atoms with Crippen molar-refractivity contribution in [1.82, 2.24) is 5.32 Å². The first-order valence-corrected chi connectivity index (χ1v) is 6.02. The van der Waals surface area contributed by atoms with E-state index in [1.54, 1.807) is 17.0 Å². The Morgan fingerprint density at radius 3 is 3.06 bits per heavy atom. The van der Waals surface area contributed by atoms with Crippen molar-refractivity contribution in [3.63, 3.8) is 0 Å². The SMILES string of the molecule is O=C1OCC2(CCNC2)N1c1cccc(Cl)c1. The minimum absolute atomic E-state index is 0.234. The molecule has 2 aliphatic rings. The van der Waals surface area contributed by atoms with Gasteiger partial charge in [-0.25, -0.2) is 4.79 Å². The zero-order chi connectivity index (χ0) is 11.9. The predicted octanol–water partition coefficient (Wildman–Crippen LogP) is 2.03. The number of cyclic esters (lactones) is 1. The summed E-state index contributed by atoms with van der Waals surface area (Å²) in [5, 5.41) is 3.91. The van der Waals surface area contributed by atoms with Gasteiger partial charge in [0.25, 0.3) is 0 Å². The largest absolute Gasteiger partial charge is 0.447 e. The number of carbonyl (C=O) groups excluding carboxylic acids is 1. The Bertz CT molecular complexity index is 458. The van der Waals surface area contributed by atoms with Crippen LogP contribution in [-0.2, 0) is 4.74 Å². The number of amides is 1. The van der Waals surface area contributed by atoms with E-state index >= 15 is 0 Å². The van der Waals surface area contributed by atoms with Crippen LogP contribution in [0.5, 0.6) is 0 Å². The molecule has 90 valence electrons. The summed E-state index contributed by atoms with van der Waals surface area (Å²) in [6.45, 7) is 2.13. The number of rotatable bonds is 1. The van der Waals surface area contributed by atoms with Gasteiger partial charge in [-0.05, 0) is 31.2 Å². The lowest BCUT2D eigenvalue weighted by atomic mass is 9.98. The Morgan fingerprint density at radius 1 is 1.47 bits per heavy atom. The second-order valence-electron chi connectivity index (χ2n) is 4.52. The minimum Gasteiger partial charge on any atom is -0.447 e. The Morgan fingerprint density at radius 2 is 2.35 bits per heavy atom. The molecule has 0 bridgehead atoms. The maximum absolute atomic E-state index is 11.9. The number of hydrogen-bond acceptors (Lipinski definition) is 3. The van der Waals surface area contributed by atoms with Gasteiger partial charge in [-0.1, -0.05) is 17.7 Å². The van der Waals surface area contributed by atoms with Crippen LogP contribution >= 0.6 is 11.6 Å². The van der Waals surface area contributed by atoms with Crippen molar-refractivity contribution in [1.29, 1.82) is 0 Å². The van der Waals surface area contributed by atoms with Crippen LogP contribution in [0.2, 0.25) is 5.02 Å². The number of benzene rings is 1. The van der Waals surface area contributed by atoms with E-state index in [-0.39, 0.29) is 11.6 Å². The number of ether oxygens (including phenoxy) is 1. The monoisotopic (exact) mass is 252 g/mol. The van der Waals surface area contributed by atoms with Crippen molar-refractivity contribution < 1.29 is 9.53 Å². The highest BCUT2D eigenvalue weighted by atomic mass is 35.5. The number of halogens is 1. The summed E-state index contributed by atoms with van der Waals surface area (Å²) in [6.07, 6.45) is 0.626. The molecule has 5 heteroatoms. The molecule has 0 radical (unpaired) electrons. The van der Waals surface area contributed by atoms with Crippen LogP contribution in [-0.4, -0.2) is 31.3 Å². The molecule has 0 aliphatic carbocycles. The molecule has 2 aliphatic heterocycles.